The van der Waals surface area contributed by atoms with Gasteiger partial charge in [0.25, 0.3) is 0 Å². The highest BCUT2D eigenvalue weighted by molar-refractivity contribution is 5.77. The van der Waals surface area contributed by atoms with Gasteiger partial charge in [-0.05, 0) is 24.1 Å². The van der Waals surface area contributed by atoms with Crippen LogP contribution in [0.3, 0.4) is 0 Å². The van der Waals surface area contributed by atoms with Crippen LogP contribution in [0.15, 0.2) is 23.2 Å². The summed E-state index contributed by atoms with van der Waals surface area (Å²) in [6.07, 6.45) is 2.23. The summed E-state index contributed by atoms with van der Waals surface area (Å²) in [6, 6.07) is 5.95. The van der Waals surface area contributed by atoms with Crippen molar-refractivity contribution in [2.45, 2.75) is 39.0 Å². The molecule has 0 aliphatic carbocycles. The van der Waals surface area contributed by atoms with Crippen LogP contribution in [0.1, 0.15) is 39.2 Å². The van der Waals surface area contributed by atoms with Crippen LogP contribution in [0.2, 0.25) is 0 Å². The molecular formula is C17H29N3O2. The van der Waals surface area contributed by atoms with Crippen molar-refractivity contribution in [2.24, 2.45) is 10.7 Å². The van der Waals surface area contributed by atoms with E-state index in [2.05, 4.69) is 31.1 Å². The van der Waals surface area contributed by atoms with Crippen molar-refractivity contribution in [2.75, 3.05) is 27.3 Å². The Morgan fingerprint density at radius 1 is 1.23 bits per heavy atom. The Labute approximate surface area is 133 Å². The highest BCUT2D eigenvalue weighted by Crippen LogP contribution is 2.33. The molecule has 0 unspecified atom stereocenters. The monoisotopic (exact) mass is 307 g/mol. The van der Waals surface area contributed by atoms with Gasteiger partial charge in [0.1, 0.15) is 0 Å². The van der Waals surface area contributed by atoms with Crippen LogP contribution in [0, 0.1) is 0 Å². The lowest BCUT2D eigenvalue weighted by molar-refractivity contribution is 0.353. The van der Waals surface area contributed by atoms with Crippen LogP contribution in [-0.4, -0.2) is 33.3 Å². The average Bonchev–Trinajstić information content (AvgIpc) is 2.52. The first-order chi connectivity index (χ1) is 10.4. The molecule has 0 heterocycles. The maximum absolute atomic E-state index is 5.90. The van der Waals surface area contributed by atoms with E-state index in [1.807, 2.05) is 18.2 Å². The summed E-state index contributed by atoms with van der Waals surface area (Å²) in [5.74, 6) is 1.96. The molecule has 0 saturated carbocycles. The fourth-order valence-corrected chi connectivity index (χ4v) is 2.08. The van der Waals surface area contributed by atoms with Crippen molar-refractivity contribution in [3.05, 3.63) is 23.8 Å². The second-order valence-corrected chi connectivity index (χ2v) is 5.94. The predicted molar refractivity (Wildman–Crippen MR) is 92.0 cm³/mol. The van der Waals surface area contributed by atoms with Crippen molar-refractivity contribution in [1.82, 2.24) is 5.32 Å². The van der Waals surface area contributed by atoms with Crippen molar-refractivity contribution in [1.29, 1.82) is 0 Å². The first-order valence-electron chi connectivity index (χ1n) is 7.71. The Balaban J connectivity index is 2.79. The third kappa shape index (κ3) is 5.13. The van der Waals surface area contributed by atoms with Gasteiger partial charge in [0, 0.05) is 12.0 Å². The van der Waals surface area contributed by atoms with Gasteiger partial charge in [0.2, 0.25) is 0 Å². The van der Waals surface area contributed by atoms with Gasteiger partial charge in [-0.25, -0.2) is 0 Å². The summed E-state index contributed by atoms with van der Waals surface area (Å²) in [6.45, 7) is 7.89. The van der Waals surface area contributed by atoms with E-state index in [9.17, 15) is 0 Å². The Hall–Kier alpha value is -1.91. The van der Waals surface area contributed by atoms with Gasteiger partial charge in [-0.3, -0.25) is 4.99 Å². The van der Waals surface area contributed by atoms with Gasteiger partial charge in [-0.2, -0.15) is 0 Å². The minimum Gasteiger partial charge on any atom is -0.493 e. The lowest BCUT2D eigenvalue weighted by Gasteiger charge is -2.24. The van der Waals surface area contributed by atoms with Crippen LogP contribution in [0.25, 0.3) is 0 Å². The zero-order valence-corrected chi connectivity index (χ0v) is 14.4. The van der Waals surface area contributed by atoms with Crippen LogP contribution in [-0.2, 0) is 5.41 Å². The normalized spacial score (nSPS) is 12.1. The maximum atomic E-state index is 5.90. The standard InChI is InChI=1S/C17H29N3O2/c1-6-7-10-19-16(18)20-12-17(2,3)13-8-9-14(21-4)15(11-13)22-5/h8-9,11H,6-7,10,12H2,1-5H3,(H3,18,19,20). The van der Waals surface area contributed by atoms with E-state index in [-0.39, 0.29) is 5.41 Å². The number of benzene rings is 1. The first kappa shape index (κ1) is 18.1. The molecule has 0 aliphatic rings. The molecule has 1 aromatic rings. The molecule has 0 saturated heterocycles. The molecule has 1 rings (SSSR count). The van der Waals surface area contributed by atoms with E-state index in [1.54, 1.807) is 14.2 Å². The van der Waals surface area contributed by atoms with Crippen LogP contribution in [0.5, 0.6) is 11.5 Å². The lowest BCUT2D eigenvalue weighted by atomic mass is 9.84. The molecule has 0 bridgehead atoms. The molecule has 124 valence electrons. The van der Waals surface area contributed by atoms with Gasteiger partial charge in [0.15, 0.2) is 17.5 Å². The Morgan fingerprint density at radius 3 is 2.50 bits per heavy atom. The van der Waals surface area contributed by atoms with Crippen LogP contribution < -0.4 is 20.5 Å². The van der Waals surface area contributed by atoms with Gasteiger partial charge in [-0.1, -0.05) is 33.3 Å². The van der Waals surface area contributed by atoms with Crippen molar-refractivity contribution in [3.8, 4) is 11.5 Å². The molecule has 22 heavy (non-hydrogen) atoms. The SMILES string of the molecule is CCCCNC(N)=NCC(C)(C)c1ccc(OC)c(OC)c1. The number of ether oxygens (including phenoxy) is 2. The summed E-state index contributed by atoms with van der Waals surface area (Å²) in [5.41, 5.74) is 6.89. The fraction of sp³-hybridized carbons (Fsp3) is 0.588. The van der Waals surface area contributed by atoms with Gasteiger partial charge < -0.3 is 20.5 Å². The summed E-state index contributed by atoms with van der Waals surface area (Å²) in [5, 5.41) is 3.13. The zero-order valence-electron chi connectivity index (χ0n) is 14.4. The Bertz CT molecular complexity index is 499. The quantitative estimate of drug-likeness (QED) is 0.440. The molecule has 0 fully saturated rings. The summed E-state index contributed by atoms with van der Waals surface area (Å²) in [4.78, 5) is 4.45. The summed E-state index contributed by atoms with van der Waals surface area (Å²) >= 11 is 0. The van der Waals surface area contributed by atoms with Crippen molar-refractivity contribution in [3.63, 3.8) is 0 Å². The average molecular weight is 307 g/mol. The number of guanidine groups is 1. The second kappa shape index (κ2) is 8.51. The third-order valence-electron chi connectivity index (χ3n) is 3.65. The zero-order chi connectivity index (χ0) is 16.6. The number of methoxy groups -OCH3 is 2. The van der Waals surface area contributed by atoms with Crippen molar-refractivity contribution < 1.29 is 9.47 Å². The van der Waals surface area contributed by atoms with Gasteiger partial charge in [-0.15, -0.1) is 0 Å². The molecule has 0 spiro atoms. The highest BCUT2D eigenvalue weighted by atomic mass is 16.5. The van der Waals surface area contributed by atoms with Gasteiger partial charge in [0.05, 0.1) is 20.8 Å². The largest absolute Gasteiger partial charge is 0.493 e. The highest BCUT2D eigenvalue weighted by Gasteiger charge is 2.22. The number of hydrogen-bond acceptors (Lipinski definition) is 3. The minimum atomic E-state index is -0.142. The summed E-state index contributed by atoms with van der Waals surface area (Å²) in [7, 11) is 3.28. The number of unbranched alkanes of at least 4 members (excludes halogenated alkanes) is 1. The molecular weight excluding hydrogens is 278 g/mol. The van der Waals surface area contributed by atoms with E-state index in [4.69, 9.17) is 15.2 Å². The number of nitrogens with zero attached hydrogens (tertiary/aromatic N) is 1. The van der Waals surface area contributed by atoms with Crippen molar-refractivity contribution >= 4 is 5.96 Å². The Kier molecular flexibility index (Phi) is 7.02. The second-order valence-electron chi connectivity index (χ2n) is 5.94. The molecule has 0 radical (unpaired) electrons. The molecule has 3 N–H and O–H groups in total. The minimum absolute atomic E-state index is 0.142. The number of aliphatic imine (C=N–C) groups is 1. The smallest absolute Gasteiger partial charge is 0.188 e. The molecule has 0 aromatic heterocycles. The fourth-order valence-electron chi connectivity index (χ4n) is 2.08. The van der Waals surface area contributed by atoms with E-state index in [0.717, 1.165) is 36.4 Å². The molecule has 0 amide bonds. The topological polar surface area (TPSA) is 68.9 Å². The number of nitrogens with two attached hydrogens (primary N) is 1. The molecule has 0 aliphatic heterocycles. The molecule has 0 atom stereocenters. The van der Waals surface area contributed by atoms with Crippen LogP contribution in [0.4, 0.5) is 0 Å². The van der Waals surface area contributed by atoms with E-state index in [1.165, 1.54) is 0 Å². The molecule has 5 nitrogen and oxygen atoms in total. The Morgan fingerprint density at radius 2 is 1.91 bits per heavy atom. The predicted octanol–water partition coefficient (Wildman–Crippen LogP) is 2.69. The van der Waals surface area contributed by atoms with Gasteiger partial charge >= 0.3 is 0 Å². The first-order valence-corrected chi connectivity index (χ1v) is 7.71. The maximum Gasteiger partial charge on any atom is 0.188 e. The van der Waals surface area contributed by atoms with E-state index in [0.29, 0.717) is 12.5 Å². The third-order valence-corrected chi connectivity index (χ3v) is 3.65. The van der Waals surface area contributed by atoms with E-state index >= 15 is 0 Å². The molecule has 1 aromatic carbocycles. The van der Waals surface area contributed by atoms with E-state index < -0.39 is 0 Å². The number of rotatable bonds is 8. The molecule has 5 heteroatoms. The summed E-state index contributed by atoms with van der Waals surface area (Å²) < 4.78 is 10.6. The number of hydrogen-bond donors (Lipinski definition) is 2. The number of nitrogens with one attached hydrogen (secondary N) is 1. The van der Waals surface area contributed by atoms with Crippen LogP contribution >= 0.6 is 0 Å². The lowest BCUT2D eigenvalue weighted by Crippen LogP contribution is -2.34.